The zero-order chi connectivity index (χ0) is 15.5. The molecule has 2 aromatic rings. The molecule has 0 aliphatic rings. The zero-order valence-corrected chi connectivity index (χ0v) is 13.2. The number of benzene rings is 1. The first kappa shape index (κ1) is 15.6. The Morgan fingerprint density at radius 3 is 2.57 bits per heavy atom. The van der Waals surface area contributed by atoms with Crippen LogP contribution in [0, 0.1) is 6.92 Å². The normalized spacial score (nSPS) is 11.3. The van der Waals surface area contributed by atoms with Crippen LogP contribution in [0.15, 0.2) is 30.3 Å². The fourth-order valence-corrected chi connectivity index (χ4v) is 3.05. The molecule has 21 heavy (non-hydrogen) atoms. The molecule has 2 N–H and O–H groups in total. The van der Waals surface area contributed by atoms with Crippen LogP contribution in [0.4, 0.5) is 5.13 Å². The van der Waals surface area contributed by atoms with E-state index in [9.17, 15) is 13.2 Å². The summed E-state index contributed by atoms with van der Waals surface area (Å²) in [5.74, 6) is -0.450. The van der Waals surface area contributed by atoms with Crippen molar-refractivity contribution in [3.05, 3.63) is 36.0 Å². The van der Waals surface area contributed by atoms with E-state index >= 15 is 0 Å². The van der Waals surface area contributed by atoms with Crippen molar-refractivity contribution in [2.45, 2.75) is 6.92 Å². The second-order valence-corrected chi connectivity index (χ2v) is 7.27. The van der Waals surface area contributed by atoms with Gasteiger partial charge in [0.1, 0.15) is 0 Å². The van der Waals surface area contributed by atoms with Crippen molar-refractivity contribution in [1.82, 2.24) is 9.71 Å². The van der Waals surface area contributed by atoms with Gasteiger partial charge in [-0.3, -0.25) is 4.79 Å². The molecule has 0 aliphatic heterocycles. The quantitative estimate of drug-likeness (QED) is 0.874. The molecule has 0 fully saturated rings. The third-order valence-electron chi connectivity index (χ3n) is 2.57. The Bertz CT molecular complexity index is 739. The third kappa shape index (κ3) is 4.62. The number of rotatable bonds is 5. The summed E-state index contributed by atoms with van der Waals surface area (Å²) in [6.45, 7) is 1.56. The van der Waals surface area contributed by atoms with Gasteiger partial charge in [-0.15, -0.1) is 0 Å². The highest BCUT2D eigenvalue weighted by atomic mass is 32.2. The minimum absolute atomic E-state index is 0.307. The second kappa shape index (κ2) is 6.33. The summed E-state index contributed by atoms with van der Waals surface area (Å²) < 4.78 is 24.0. The molecule has 0 unspecified atom stereocenters. The molecule has 0 spiro atoms. The summed E-state index contributed by atoms with van der Waals surface area (Å²) in [7, 11) is -3.39. The number of amides is 1. The van der Waals surface area contributed by atoms with Crippen LogP contribution in [0.5, 0.6) is 0 Å². The van der Waals surface area contributed by atoms with Gasteiger partial charge in [0.2, 0.25) is 15.9 Å². The van der Waals surface area contributed by atoms with Gasteiger partial charge in [-0.05, 0) is 12.5 Å². The number of anilines is 1. The maximum Gasteiger partial charge on any atom is 0.241 e. The molecule has 0 aliphatic carbocycles. The number of sulfonamides is 1. The first-order valence-corrected chi connectivity index (χ1v) is 8.83. The summed E-state index contributed by atoms with van der Waals surface area (Å²) in [4.78, 5) is 16.9. The van der Waals surface area contributed by atoms with Gasteiger partial charge < -0.3 is 5.32 Å². The van der Waals surface area contributed by atoms with E-state index in [1.165, 1.54) is 11.3 Å². The predicted octanol–water partition coefficient (Wildman–Crippen LogP) is 1.61. The van der Waals surface area contributed by atoms with Crippen LogP contribution in [0.25, 0.3) is 10.4 Å². The first-order chi connectivity index (χ1) is 9.85. The number of nitrogens with one attached hydrogen (secondary N) is 2. The molecule has 2 rings (SSSR count). The predicted molar refractivity (Wildman–Crippen MR) is 83.8 cm³/mol. The van der Waals surface area contributed by atoms with E-state index in [0.717, 1.165) is 22.4 Å². The fraction of sp³-hybridized carbons (Fsp3) is 0.231. The monoisotopic (exact) mass is 325 g/mol. The molecular weight excluding hydrogens is 310 g/mol. The van der Waals surface area contributed by atoms with E-state index in [4.69, 9.17) is 0 Å². The highest BCUT2D eigenvalue weighted by Crippen LogP contribution is 2.32. The van der Waals surface area contributed by atoms with Crippen molar-refractivity contribution in [3.8, 4) is 10.4 Å². The maximum atomic E-state index is 11.6. The van der Waals surface area contributed by atoms with Gasteiger partial charge in [-0.1, -0.05) is 41.7 Å². The van der Waals surface area contributed by atoms with Crippen LogP contribution in [-0.4, -0.2) is 32.1 Å². The summed E-state index contributed by atoms with van der Waals surface area (Å²) in [6, 6.07) is 9.74. The smallest absolute Gasteiger partial charge is 0.241 e. The molecule has 1 aromatic heterocycles. The molecule has 6 nitrogen and oxygen atoms in total. The lowest BCUT2D eigenvalue weighted by Gasteiger charge is -2.01. The van der Waals surface area contributed by atoms with Crippen LogP contribution in [0.3, 0.4) is 0 Å². The minimum atomic E-state index is -3.39. The molecule has 0 saturated carbocycles. The molecule has 0 bridgehead atoms. The summed E-state index contributed by atoms with van der Waals surface area (Å²) >= 11 is 1.35. The molecule has 1 amide bonds. The van der Waals surface area contributed by atoms with E-state index in [2.05, 4.69) is 15.0 Å². The van der Waals surface area contributed by atoms with Gasteiger partial charge in [0.05, 0.1) is 23.4 Å². The first-order valence-electron chi connectivity index (χ1n) is 6.12. The standard InChI is InChI=1S/C13H15N3O3S2/c1-9-12(10-6-4-3-5-7-10)20-13(15-9)16-11(17)8-14-21(2,18)19/h3-7,14H,8H2,1-2H3,(H,15,16,17). The molecule has 0 atom stereocenters. The maximum absolute atomic E-state index is 11.6. The molecule has 1 aromatic carbocycles. The van der Waals surface area contributed by atoms with Crippen molar-refractivity contribution in [1.29, 1.82) is 0 Å². The second-order valence-electron chi connectivity index (χ2n) is 4.44. The lowest BCUT2D eigenvalue weighted by molar-refractivity contribution is -0.115. The van der Waals surface area contributed by atoms with Gasteiger partial charge in [-0.2, -0.15) is 0 Å². The number of aryl methyl sites for hydroxylation is 1. The number of carbonyl (C=O) groups excluding carboxylic acids is 1. The number of hydrogen-bond acceptors (Lipinski definition) is 5. The third-order valence-corrected chi connectivity index (χ3v) is 4.36. The lowest BCUT2D eigenvalue weighted by atomic mass is 10.2. The van der Waals surface area contributed by atoms with Crippen molar-refractivity contribution in [2.24, 2.45) is 0 Å². The van der Waals surface area contributed by atoms with E-state index in [0.29, 0.717) is 5.13 Å². The summed E-state index contributed by atoms with van der Waals surface area (Å²) in [5, 5.41) is 3.04. The number of nitrogens with zero attached hydrogens (tertiary/aromatic N) is 1. The highest BCUT2D eigenvalue weighted by molar-refractivity contribution is 7.88. The Labute approximate surface area is 127 Å². The van der Waals surface area contributed by atoms with Crippen LogP contribution >= 0.6 is 11.3 Å². The average molecular weight is 325 g/mol. The van der Waals surface area contributed by atoms with E-state index in [-0.39, 0.29) is 6.54 Å². The minimum Gasteiger partial charge on any atom is -0.301 e. The van der Waals surface area contributed by atoms with Gasteiger partial charge in [-0.25, -0.2) is 18.1 Å². The highest BCUT2D eigenvalue weighted by Gasteiger charge is 2.12. The number of aromatic nitrogens is 1. The topological polar surface area (TPSA) is 88.2 Å². The Morgan fingerprint density at radius 2 is 1.95 bits per heavy atom. The Morgan fingerprint density at radius 1 is 1.29 bits per heavy atom. The van der Waals surface area contributed by atoms with Gasteiger partial charge >= 0.3 is 0 Å². The average Bonchev–Trinajstić information content (AvgIpc) is 2.77. The Kier molecular flexibility index (Phi) is 4.71. The fourth-order valence-electron chi connectivity index (χ4n) is 1.67. The van der Waals surface area contributed by atoms with Crippen molar-refractivity contribution >= 4 is 32.4 Å². The Balaban J connectivity index is 2.08. The summed E-state index contributed by atoms with van der Waals surface area (Å²) in [5.41, 5.74) is 1.85. The van der Waals surface area contributed by atoms with E-state index < -0.39 is 15.9 Å². The largest absolute Gasteiger partial charge is 0.301 e. The molecule has 0 saturated heterocycles. The molecule has 8 heteroatoms. The lowest BCUT2D eigenvalue weighted by Crippen LogP contribution is -2.32. The van der Waals surface area contributed by atoms with Crippen LogP contribution < -0.4 is 10.0 Å². The van der Waals surface area contributed by atoms with Crippen molar-refractivity contribution in [2.75, 3.05) is 18.1 Å². The van der Waals surface area contributed by atoms with Gasteiger partial charge in [0.25, 0.3) is 0 Å². The molecule has 112 valence electrons. The van der Waals surface area contributed by atoms with Gasteiger partial charge in [0, 0.05) is 0 Å². The van der Waals surface area contributed by atoms with Crippen LogP contribution in [0.1, 0.15) is 5.69 Å². The number of carbonyl (C=O) groups is 1. The molecule has 0 radical (unpaired) electrons. The van der Waals surface area contributed by atoms with Crippen molar-refractivity contribution < 1.29 is 13.2 Å². The van der Waals surface area contributed by atoms with E-state index in [1.54, 1.807) is 0 Å². The van der Waals surface area contributed by atoms with Crippen molar-refractivity contribution in [3.63, 3.8) is 0 Å². The van der Waals surface area contributed by atoms with Crippen LogP contribution in [0.2, 0.25) is 0 Å². The molecular formula is C13H15N3O3S2. The van der Waals surface area contributed by atoms with E-state index in [1.807, 2.05) is 37.3 Å². The number of hydrogen-bond donors (Lipinski definition) is 2. The van der Waals surface area contributed by atoms with Gasteiger partial charge in [0.15, 0.2) is 5.13 Å². The molecule has 1 heterocycles. The zero-order valence-electron chi connectivity index (χ0n) is 11.6. The summed E-state index contributed by atoms with van der Waals surface area (Å²) in [6.07, 6.45) is 1.00. The Hall–Kier alpha value is -1.77. The van der Waals surface area contributed by atoms with Crippen LogP contribution in [-0.2, 0) is 14.8 Å². The number of thiazole rings is 1. The SMILES string of the molecule is Cc1nc(NC(=O)CNS(C)(=O)=O)sc1-c1ccccc1.